The fourth-order valence-electron chi connectivity index (χ4n) is 0.579. The van der Waals surface area contributed by atoms with Crippen LogP contribution in [0.15, 0.2) is 0 Å². The van der Waals surface area contributed by atoms with E-state index in [9.17, 15) is 13.0 Å². The second kappa shape index (κ2) is 16.3. The van der Waals surface area contributed by atoms with E-state index in [2.05, 4.69) is 20.7 Å². The van der Waals surface area contributed by atoms with Crippen LogP contribution in [0.2, 0.25) is 0 Å². The minimum absolute atomic E-state index is 0. The van der Waals surface area contributed by atoms with Crippen molar-refractivity contribution in [2.75, 3.05) is 38.5 Å². The van der Waals surface area contributed by atoms with E-state index in [0.717, 1.165) is 18.4 Å². The Balaban J connectivity index is -0.000000214. The SMILES string of the molecule is COCCCBr.COCCCS(=O)(=O)[O-].[Na+]. The molecule has 0 heterocycles. The summed E-state index contributed by atoms with van der Waals surface area (Å²) in [6.07, 6.45) is 1.39. The molecule has 5 nitrogen and oxygen atoms in total. The molecule has 0 aromatic carbocycles. The normalized spacial score (nSPS) is 10.0. The van der Waals surface area contributed by atoms with Crippen molar-refractivity contribution >= 4 is 26.0 Å². The molecule has 0 aliphatic rings. The van der Waals surface area contributed by atoms with Crippen LogP contribution in [0.25, 0.3) is 0 Å². The van der Waals surface area contributed by atoms with E-state index in [4.69, 9.17) is 4.74 Å². The van der Waals surface area contributed by atoms with E-state index in [1.165, 1.54) is 7.11 Å². The summed E-state index contributed by atoms with van der Waals surface area (Å²) in [4.78, 5) is 0. The predicted octanol–water partition coefficient (Wildman–Crippen LogP) is -2.01. The molecule has 0 saturated heterocycles. The van der Waals surface area contributed by atoms with Crippen LogP contribution in [-0.2, 0) is 19.6 Å². The van der Waals surface area contributed by atoms with Gasteiger partial charge in [0, 0.05) is 38.5 Å². The van der Waals surface area contributed by atoms with E-state index in [-0.39, 0.29) is 41.7 Å². The van der Waals surface area contributed by atoms with Gasteiger partial charge in [0.05, 0.1) is 10.1 Å². The first-order valence-corrected chi connectivity index (χ1v) is 7.15. The van der Waals surface area contributed by atoms with Crippen LogP contribution in [0.5, 0.6) is 0 Å². The number of hydrogen-bond donors (Lipinski definition) is 0. The summed E-state index contributed by atoms with van der Waals surface area (Å²) in [5, 5.41) is 1.04. The zero-order valence-electron chi connectivity index (χ0n) is 10.1. The minimum atomic E-state index is -4.03. The van der Waals surface area contributed by atoms with Crippen LogP contribution in [0.4, 0.5) is 0 Å². The molecular weight excluding hydrogens is 311 g/mol. The van der Waals surface area contributed by atoms with Gasteiger partial charge in [-0.1, -0.05) is 15.9 Å². The third kappa shape index (κ3) is 29.5. The van der Waals surface area contributed by atoms with E-state index in [0.29, 0.717) is 6.61 Å². The van der Waals surface area contributed by atoms with Crippen molar-refractivity contribution in [1.82, 2.24) is 0 Å². The quantitative estimate of drug-likeness (QED) is 0.234. The summed E-state index contributed by atoms with van der Waals surface area (Å²) in [7, 11) is -0.860. The molecule has 0 radical (unpaired) electrons. The van der Waals surface area contributed by atoms with Gasteiger partial charge in [-0.25, -0.2) is 8.42 Å². The van der Waals surface area contributed by atoms with Crippen molar-refractivity contribution in [2.45, 2.75) is 12.8 Å². The Morgan fingerprint density at radius 2 is 1.56 bits per heavy atom. The van der Waals surface area contributed by atoms with Gasteiger partial charge in [0.1, 0.15) is 0 Å². The van der Waals surface area contributed by atoms with Crippen LogP contribution in [0.1, 0.15) is 12.8 Å². The number of halogens is 1. The van der Waals surface area contributed by atoms with Crippen molar-refractivity contribution in [2.24, 2.45) is 0 Å². The van der Waals surface area contributed by atoms with Gasteiger partial charge in [0.15, 0.2) is 0 Å². The molecule has 0 aromatic heterocycles. The smallest absolute Gasteiger partial charge is 0.748 e. The Kier molecular flexibility index (Phi) is 22.9. The van der Waals surface area contributed by atoms with Crippen LogP contribution >= 0.6 is 15.9 Å². The van der Waals surface area contributed by atoms with Gasteiger partial charge in [-0.05, 0) is 12.8 Å². The van der Waals surface area contributed by atoms with Crippen molar-refractivity contribution in [3.8, 4) is 0 Å². The average molecular weight is 329 g/mol. The number of alkyl halides is 1. The molecule has 0 unspecified atom stereocenters. The molecule has 0 bridgehead atoms. The second-order valence-corrected chi connectivity index (χ2v) is 4.96. The van der Waals surface area contributed by atoms with Crippen molar-refractivity contribution < 1.29 is 52.0 Å². The van der Waals surface area contributed by atoms with Gasteiger partial charge < -0.3 is 14.0 Å². The molecule has 94 valence electrons. The van der Waals surface area contributed by atoms with Gasteiger partial charge in [-0.15, -0.1) is 0 Å². The first-order chi connectivity index (χ1) is 6.97. The molecule has 16 heavy (non-hydrogen) atoms. The number of rotatable bonds is 7. The Morgan fingerprint density at radius 3 is 1.81 bits per heavy atom. The van der Waals surface area contributed by atoms with Crippen LogP contribution in [0.3, 0.4) is 0 Å². The molecule has 0 aliphatic heterocycles. The maximum absolute atomic E-state index is 9.89. The van der Waals surface area contributed by atoms with E-state index >= 15 is 0 Å². The molecule has 0 N–H and O–H groups in total. The Morgan fingerprint density at radius 1 is 1.12 bits per heavy atom. The first-order valence-electron chi connectivity index (χ1n) is 4.45. The predicted molar refractivity (Wildman–Crippen MR) is 61.3 cm³/mol. The molecule has 0 atom stereocenters. The standard InChI is InChI=1S/C4H9BrO.C4H10O4S.Na/c1-6-4-2-3-5;1-8-3-2-4-9(5,6)7;/h2-4H2,1H3;2-4H2,1H3,(H,5,6,7);/q;;+1/p-1. The van der Waals surface area contributed by atoms with E-state index in [1.807, 2.05) is 0 Å². The van der Waals surface area contributed by atoms with Crippen LogP contribution in [0, 0.1) is 0 Å². The summed E-state index contributed by atoms with van der Waals surface area (Å²) in [6, 6.07) is 0. The van der Waals surface area contributed by atoms with Crippen LogP contribution in [-0.4, -0.2) is 51.5 Å². The summed E-state index contributed by atoms with van der Waals surface area (Å²) in [5.74, 6) is -0.332. The Labute approximate surface area is 128 Å². The Bertz CT molecular complexity index is 206. The molecule has 0 spiro atoms. The molecule has 0 saturated carbocycles. The third-order valence-corrected chi connectivity index (χ3v) is 2.57. The maximum atomic E-state index is 9.89. The largest absolute Gasteiger partial charge is 1.00 e. The van der Waals surface area contributed by atoms with Crippen molar-refractivity contribution in [1.29, 1.82) is 0 Å². The summed E-state index contributed by atoms with van der Waals surface area (Å²) >= 11 is 3.27. The molecule has 0 rings (SSSR count). The summed E-state index contributed by atoms with van der Waals surface area (Å²) in [6.45, 7) is 1.19. The topological polar surface area (TPSA) is 75.7 Å². The summed E-state index contributed by atoms with van der Waals surface area (Å²) in [5.41, 5.74) is 0. The van der Waals surface area contributed by atoms with Crippen LogP contribution < -0.4 is 29.6 Å². The fourth-order valence-corrected chi connectivity index (χ4v) is 1.28. The molecule has 0 aromatic rings. The Hall–Kier alpha value is 1.31. The van der Waals surface area contributed by atoms with Gasteiger partial charge in [-0.3, -0.25) is 0 Å². The van der Waals surface area contributed by atoms with Gasteiger partial charge in [0.2, 0.25) is 0 Å². The molecule has 0 fully saturated rings. The average Bonchev–Trinajstić information content (AvgIpc) is 2.14. The maximum Gasteiger partial charge on any atom is 1.00 e. The number of hydrogen-bond acceptors (Lipinski definition) is 5. The summed E-state index contributed by atoms with van der Waals surface area (Å²) < 4.78 is 39.0. The first kappa shape index (κ1) is 22.5. The van der Waals surface area contributed by atoms with Gasteiger partial charge >= 0.3 is 29.6 Å². The van der Waals surface area contributed by atoms with Gasteiger partial charge in [-0.2, -0.15) is 0 Å². The second-order valence-electron chi connectivity index (χ2n) is 2.64. The molecule has 8 heteroatoms. The zero-order chi connectivity index (χ0) is 12.2. The van der Waals surface area contributed by atoms with Crippen molar-refractivity contribution in [3.63, 3.8) is 0 Å². The number of ether oxygens (including phenoxy) is 2. The number of methoxy groups -OCH3 is 2. The zero-order valence-corrected chi connectivity index (χ0v) is 14.5. The molecular formula is C8H18BrNaO5S. The third-order valence-electron chi connectivity index (χ3n) is 1.22. The van der Waals surface area contributed by atoms with E-state index < -0.39 is 10.1 Å². The van der Waals surface area contributed by atoms with E-state index in [1.54, 1.807) is 7.11 Å². The minimum Gasteiger partial charge on any atom is -0.748 e. The molecule has 0 aliphatic carbocycles. The monoisotopic (exact) mass is 328 g/mol. The van der Waals surface area contributed by atoms with Crippen molar-refractivity contribution in [3.05, 3.63) is 0 Å². The fraction of sp³-hybridized carbons (Fsp3) is 1.00. The molecule has 0 amide bonds. The van der Waals surface area contributed by atoms with Gasteiger partial charge in [0.25, 0.3) is 0 Å².